The third kappa shape index (κ3) is 7.31. The molecule has 0 amide bonds. The number of hydrogen-bond acceptors (Lipinski definition) is 7. The molecule has 11 heteroatoms. The molecular formula is C25H34FN3O6S. The summed E-state index contributed by atoms with van der Waals surface area (Å²) in [5.74, 6) is -3.21. The van der Waals surface area contributed by atoms with E-state index in [9.17, 15) is 32.9 Å². The molecule has 3 atom stereocenters. The Labute approximate surface area is 211 Å². The highest BCUT2D eigenvalue weighted by atomic mass is 32.2. The highest BCUT2D eigenvalue weighted by Gasteiger charge is 2.30. The molecule has 0 bridgehead atoms. The number of nitrogens with zero attached hydrogens (tertiary/aromatic N) is 3. The molecule has 0 aliphatic carbocycles. The van der Waals surface area contributed by atoms with Crippen molar-refractivity contribution in [1.29, 1.82) is 0 Å². The maximum Gasteiger partial charge on any atom is 0.309 e. The van der Waals surface area contributed by atoms with Crippen molar-refractivity contribution in [2.75, 3.05) is 17.6 Å². The Morgan fingerprint density at radius 1 is 1.11 bits per heavy atom. The minimum absolute atomic E-state index is 0.0603. The zero-order valence-corrected chi connectivity index (χ0v) is 22.1. The van der Waals surface area contributed by atoms with Crippen LogP contribution in [0.5, 0.6) is 0 Å². The van der Waals surface area contributed by atoms with Crippen LogP contribution < -0.4 is 4.31 Å². The van der Waals surface area contributed by atoms with Gasteiger partial charge in [0.25, 0.3) is 0 Å². The second-order valence-corrected chi connectivity index (χ2v) is 11.4. The highest BCUT2D eigenvalue weighted by molar-refractivity contribution is 7.92. The zero-order valence-electron chi connectivity index (χ0n) is 21.3. The predicted octanol–water partition coefficient (Wildman–Crippen LogP) is 3.28. The van der Waals surface area contributed by atoms with E-state index in [1.807, 2.05) is 13.8 Å². The van der Waals surface area contributed by atoms with Gasteiger partial charge in [0.05, 0.1) is 35.8 Å². The summed E-state index contributed by atoms with van der Waals surface area (Å²) in [5, 5.41) is 30.3. The monoisotopic (exact) mass is 523 g/mol. The van der Waals surface area contributed by atoms with Crippen molar-refractivity contribution in [3.63, 3.8) is 0 Å². The van der Waals surface area contributed by atoms with Gasteiger partial charge in [-0.3, -0.25) is 4.79 Å². The standard InChI is InChI=1S/C25H34FN3O6S/c1-14(2)21(24(32)33)20(31)13-18(30)11-12-19-22(15(3)4)27-25(29(5)36(6,34)35)28-23(19)16-7-9-17(26)10-8-16/h7-12,14-15,18,20-21,30-31H,13H2,1-6H3,(H,32,33)/t18-,20-,21?/m1/s1. The first kappa shape index (κ1) is 29.3. The van der Waals surface area contributed by atoms with Gasteiger partial charge in [-0.25, -0.2) is 27.1 Å². The average molecular weight is 524 g/mol. The molecule has 9 nitrogen and oxygen atoms in total. The number of aromatic nitrogens is 2. The van der Waals surface area contributed by atoms with Crippen LogP contribution in [0.4, 0.5) is 10.3 Å². The number of sulfonamides is 1. The number of aliphatic hydroxyl groups is 2. The normalized spacial score (nSPS) is 14.9. The van der Waals surface area contributed by atoms with Crippen molar-refractivity contribution in [3.05, 3.63) is 47.4 Å². The van der Waals surface area contributed by atoms with E-state index in [4.69, 9.17) is 0 Å². The van der Waals surface area contributed by atoms with Crippen LogP contribution >= 0.6 is 0 Å². The van der Waals surface area contributed by atoms with Gasteiger partial charge in [0.15, 0.2) is 0 Å². The van der Waals surface area contributed by atoms with Crippen LogP contribution in [0.2, 0.25) is 0 Å². The van der Waals surface area contributed by atoms with Crippen LogP contribution in [0.25, 0.3) is 17.3 Å². The Morgan fingerprint density at radius 2 is 1.69 bits per heavy atom. The van der Waals surface area contributed by atoms with Crippen molar-refractivity contribution < 1.29 is 32.9 Å². The Morgan fingerprint density at radius 3 is 2.17 bits per heavy atom. The Hall–Kier alpha value is -2.89. The van der Waals surface area contributed by atoms with Crippen LogP contribution in [0.15, 0.2) is 30.3 Å². The van der Waals surface area contributed by atoms with E-state index in [-0.39, 0.29) is 24.2 Å². The molecule has 0 spiro atoms. The highest BCUT2D eigenvalue weighted by Crippen LogP contribution is 2.32. The molecule has 0 saturated heterocycles. The lowest BCUT2D eigenvalue weighted by atomic mass is 9.87. The molecular weight excluding hydrogens is 489 g/mol. The first-order valence-corrected chi connectivity index (χ1v) is 13.4. The largest absolute Gasteiger partial charge is 0.481 e. The van der Waals surface area contributed by atoms with Gasteiger partial charge in [0.2, 0.25) is 16.0 Å². The third-order valence-electron chi connectivity index (χ3n) is 5.79. The molecule has 1 aromatic heterocycles. The summed E-state index contributed by atoms with van der Waals surface area (Å²) >= 11 is 0. The molecule has 1 heterocycles. The number of rotatable bonds is 11. The number of anilines is 1. The van der Waals surface area contributed by atoms with Crippen LogP contribution in [0.3, 0.4) is 0 Å². The van der Waals surface area contributed by atoms with Crippen molar-refractivity contribution >= 4 is 28.0 Å². The van der Waals surface area contributed by atoms with E-state index in [1.54, 1.807) is 19.9 Å². The summed E-state index contributed by atoms with van der Waals surface area (Å²) < 4.78 is 38.8. The smallest absolute Gasteiger partial charge is 0.309 e. The molecule has 2 rings (SSSR count). The number of benzene rings is 1. The van der Waals surface area contributed by atoms with Gasteiger partial charge >= 0.3 is 5.97 Å². The van der Waals surface area contributed by atoms with Crippen LogP contribution in [0.1, 0.15) is 51.3 Å². The molecule has 3 N–H and O–H groups in total. The summed E-state index contributed by atoms with van der Waals surface area (Å²) in [5.41, 5.74) is 1.80. The zero-order chi connectivity index (χ0) is 27.4. The number of carboxylic acid groups (broad SMARTS) is 1. The van der Waals surface area contributed by atoms with Crippen molar-refractivity contribution in [2.24, 2.45) is 11.8 Å². The maximum absolute atomic E-state index is 13.6. The van der Waals surface area contributed by atoms with Gasteiger partial charge in [-0.05, 0) is 36.1 Å². The SMILES string of the molecule is CC(C)c1nc(N(C)S(C)(=O)=O)nc(-c2ccc(F)cc2)c1C=C[C@@H](O)C[C@@H](O)C(C(=O)O)C(C)C. The summed E-state index contributed by atoms with van der Waals surface area (Å²) in [6.07, 6.45) is 1.33. The fourth-order valence-electron chi connectivity index (χ4n) is 3.77. The number of carboxylic acids is 1. The van der Waals surface area contributed by atoms with Crippen molar-refractivity contribution in [3.8, 4) is 11.3 Å². The quantitative estimate of drug-likeness (QED) is 0.408. The maximum atomic E-state index is 13.6. The van der Waals surface area contributed by atoms with E-state index in [0.717, 1.165) is 10.6 Å². The van der Waals surface area contributed by atoms with E-state index >= 15 is 0 Å². The molecule has 0 radical (unpaired) electrons. The first-order valence-electron chi connectivity index (χ1n) is 11.5. The molecule has 2 aromatic rings. The lowest BCUT2D eigenvalue weighted by Crippen LogP contribution is -2.34. The Bertz CT molecular complexity index is 1200. The second kappa shape index (κ2) is 11.9. The van der Waals surface area contributed by atoms with E-state index in [1.165, 1.54) is 37.4 Å². The third-order valence-corrected chi connectivity index (χ3v) is 6.95. The van der Waals surface area contributed by atoms with E-state index < -0.39 is 39.9 Å². The van der Waals surface area contributed by atoms with Crippen LogP contribution in [-0.2, 0) is 14.8 Å². The Balaban J connectivity index is 2.59. The van der Waals surface area contributed by atoms with E-state index in [0.29, 0.717) is 22.5 Å². The number of hydrogen-bond donors (Lipinski definition) is 3. The lowest BCUT2D eigenvalue weighted by molar-refractivity contribution is -0.148. The van der Waals surface area contributed by atoms with Crippen molar-refractivity contribution in [1.82, 2.24) is 9.97 Å². The minimum atomic E-state index is -3.66. The van der Waals surface area contributed by atoms with Gasteiger partial charge in [-0.1, -0.05) is 39.8 Å². The summed E-state index contributed by atoms with van der Waals surface area (Å²) in [6.45, 7) is 7.08. The van der Waals surface area contributed by atoms with Gasteiger partial charge < -0.3 is 15.3 Å². The molecule has 1 aromatic carbocycles. The van der Waals surface area contributed by atoms with Crippen LogP contribution in [-0.4, -0.2) is 65.2 Å². The summed E-state index contributed by atoms with van der Waals surface area (Å²) in [4.78, 5) is 20.4. The molecule has 0 saturated carbocycles. The first-order chi connectivity index (χ1) is 16.6. The van der Waals surface area contributed by atoms with Crippen LogP contribution in [0, 0.1) is 17.7 Å². The molecule has 0 aliphatic heterocycles. The molecule has 0 aliphatic rings. The molecule has 0 fully saturated rings. The topological polar surface area (TPSA) is 141 Å². The van der Waals surface area contributed by atoms with E-state index in [2.05, 4.69) is 9.97 Å². The fourth-order valence-corrected chi connectivity index (χ4v) is 4.15. The molecule has 36 heavy (non-hydrogen) atoms. The van der Waals surface area contributed by atoms with Gasteiger partial charge in [0.1, 0.15) is 5.82 Å². The predicted molar refractivity (Wildman–Crippen MR) is 136 cm³/mol. The number of aliphatic hydroxyl groups excluding tert-OH is 2. The minimum Gasteiger partial charge on any atom is -0.481 e. The Kier molecular flexibility index (Phi) is 9.70. The lowest BCUT2D eigenvalue weighted by Gasteiger charge is -2.23. The number of carbonyl (C=O) groups is 1. The molecule has 1 unspecified atom stereocenters. The average Bonchev–Trinajstić information content (AvgIpc) is 2.75. The number of aliphatic carboxylic acids is 1. The van der Waals surface area contributed by atoms with Crippen molar-refractivity contribution in [2.45, 2.75) is 52.2 Å². The summed E-state index contributed by atoms with van der Waals surface area (Å²) in [7, 11) is -2.33. The summed E-state index contributed by atoms with van der Waals surface area (Å²) in [6, 6.07) is 5.51. The number of halogens is 1. The fraction of sp³-hybridized carbons (Fsp3) is 0.480. The van der Waals surface area contributed by atoms with Gasteiger partial charge in [0, 0.05) is 24.6 Å². The van der Waals surface area contributed by atoms with Gasteiger partial charge in [-0.2, -0.15) is 0 Å². The molecule has 198 valence electrons. The van der Waals surface area contributed by atoms with Gasteiger partial charge in [-0.15, -0.1) is 0 Å². The second-order valence-electron chi connectivity index (χ2n) is 9.40.